The van der Waals surface area contributed by atoms with Gasteiger partial charge in [0.1, 0.15) is 0 Å². The van der Waals surface area contributed by atoms with Gasteiger partial charge in [-0.3, -0.25) is 14.4 Å². The van der Waals surface area contributed by atoms with Gasteiger partial charge < -0.3 is 4.98 Å². The summed E-state index contributed by atoms with van der Waals surface area (Å²) in [6.45, 7) is 0. The quantitative estimate of drug-likeness (QED) is 0.699. The first-order chi connectivity index (χ1) is 10.7. The lowest BCUT2D eigenvalue weighted by Gasteiger charge is -2.16. The van der Waals surface area contributed by atoms with Gasteiger partial charge in [-0.2, -0.15) is 0 Å². The summed E-state index contributed by atoms with van der Waals surface area (Å²) in [5, 5.41) is 0.758. The van der Waals surface area contributed by atoms with E-state index < -0.39 is 0 Å². The van der Waals surface area contributed by atoms with Crippen molar-refractivity contribution < 1.29 is 9.59 Å². The minimum Gasteiger partial charge on any atom is -0.320 e. The highest BCUT2D eigenvalue weighted by Crippen LogP contribution is 2.31. The van der Waals surface area contributed by atoms with Gasteiger partial charge in [0.15, 0.2) is 0 Å². The fourth-order valence-electron chi connectivity index (χ4n) is 2.76. The van der Waals surface area contributed by atoms with Crippen LogP contribution in [-0.2, 0) is 0 Å². The molecule has 0 unspecified atom stereocenters. The van der Waals surface area contributed by atoms with Crippen molar-refractivity contribution in [3.63, 3.8) is 0 Å². The molecule has 1 aliphatic heterocycles. The van der Waals surface area contributed by atoms with E-state index >= 15 is 0 Å². The van der Waals surface area contributed by atoms with Crippen LogP contribution >= 0.6 is 0 Å². The molecule has 5 nitrogen and oxygen atoms in total. The Morgan fingerprint density at radius 3 is 2.09 bits per heavy atom. The molecule has 0 aliphatic carbocycles. The van der Waals surface area contributed by atoms with Crippen LogP contribution in [0, 0.1) is 0 Å². The van der Waals surface area contributed by atoms with Gasteiger partial charge in [-0.25, -0.2) is 4.90 Å². The molecule has 0 spiro atoms. The van der Waals surface area contributed by atoms with Gasteiger partial charge in [0.05, 0.1) is 22.3 Å². The summed E-state index contributed by atoms with van der Waals surface area (Å²) in [6, 6.07) is 15.0. The molecule has 1 aromatic heterocycles. The molecule has 0 bridgehead atoms. The number of pyridine rings is 1. The third-order valence-electron chi connectivity index (χ3n) is 3.77. The fraction of sp³-hybridized carbons (Fsp3) is 0. The number of amides is 2. The smallest absolute Gasteiger partial charge is 0.266 e. The molecule has 2 heterocycles. The number of hydrogen-bond donors (Lipinski definition) is 1. The van der Waals surface area contributed by atoms with E-state index in [1.165, 1.54) is 6.07 Å². The zero-order valence-electron chi connectivity index (χ0n) is 11.4. The van der Waals surface area contributed by atoms with Crippen molar-refractivity contribution in [2.75, 3.05) is 4.90 Å². The Balaban J connectivity index is 1.98. The van der Waals surface area contributed by atoms with Crippen LogP contribution in [0.5, 0.6) is 0 Å². The van der Waals surface area contributed by atoms with Crippen LogP contribution in [0.3, 0.4) is 0 Å². The van der Waals surface area contributed by atoms with Crippen molar-refractivity contribution in [3.8, 4) is 0 Å². The molecule has 0 saturated carbocycles. The SMILES string of the molecule is O=C1c2ccccc2C(=O)N1c1cccc2ccc(=O)[nH]c12. The average Bonchev–Trinajstić information content (AvgIpc) is 2.79. The van der Waals surface area contributed by atoms with E-state index in [0.717, 1.165) is 10.3 Å². The van der Waals surface area contributed by atoms with Crippen molar-refractivity contribution in [3.05, 3.63) is 76.1 Å². The van der Waals surface area contributed by atoms with Gasteiger partial charge in [-0.15, -0.1) is 0 Å². The zero-order chi connectivity index (χ0) is 15.3. The highest BCUT2D eigenvalue weighted by Gasteiger charge is 2.37. The third kappa shape index (κ3) is 1.62. The summed E-state index contributed by atoms with van der Waals surface area (Å²) in [5.74, 6) is -0.754. The van der Waals surface area contributed by atoms with Crippen LogP contribution in [0.15, 0.2) is 59.4 Å². The predicted molar refractivity (Wildman–Crippen MR) is 82.2 cm³/mol. The lowest BCUT2D eigenvalue weighted by molar-refractivity contribution is 0.0926. The second-order valence-corrected chi connectivity index (χ2v) is 5.06. The van der Waals surface area contributed by atoms with Crippen molar-refractivity contribution in [1.29, 1.82) is 0 Å². The molecule has 2 amide bonds. The second-order valence-electron chi connectivity index (χ2n) is 5.06. The standard InChI is InChI=1S/C17H10N2O3/c20-14-9-8-10-4-3-7-13(15(10)18-14)19-16(21)11-5-1-2-6-12(11)17(19)22/h1-9H,(H,18,20). The first kappa shape index (κ1) is 12.5. The number of aromatic amines is 1. The van der Waals surface area contributed by atoms with Crippen LogP contribution in [-0.4, -0.2) is 16.8 Å². The minimum absolute atomic E-state index is 0.281. The molecule has 3 aromatic rings. The number of nitrogens with one attached hydrogen (secondary N) is 1. The number of hydrogen-bond acceptors (Lipinski definition) is 3. The van der Waals surface area contributed by atoms with E-state index in [1.54, 1.807) is 42.5 Å². The second kappa shape index (κ2) is 4.39. The van der Waals surface area contributed by atoms with Gasteiger partial charge in [0.2, 0.25) is 5.56 Å². The van der Waals surface area contributed by atoms with E-state index in [1.807, 2.05) is 6.07 Å². The van der Waals surface area contributed by atoms with Crippen LogP contribution in [0.2, 0.25) is 0 Å². The van der Waals surface area contributed by atoms with Gasteiger partial charge in [-0.1, -0.05) is 24.3 Å². The fourth-order valence-corrected chi connectivity index (χ4v) is 2.76. The highest BCUT2D eigenvalue weighted by molar-refractivity contribution is 6.35. The largest absolute Gasteiger partial charge is 0.320 e. The summed E-state index contributed by atoms with van der Waals surface area (Å²) < 4.78 is 0. The Hall–Kier alpha value is -3.21. The number of fused-ring (bicyclic) bond motifs is 2. The zero-order valence-corrected chi connectivity index (χ0v) is 11.4. The molecule has 1 N–H and O–H groups in total. The lowest BCUT2D eigenvalue weighted by Crippen LogP contribution is -2.30. The van der Waals surface area contributed by atoms with E-state index in [2.05, 4.69) is 4.98 Å². The maximum absolute atomic E-state index is 12.5. The molecule has 0 fully saturated rings. The molecule has 0 atom stereocenters. The van der Waals surface area contributed by atoms with Gasteiger partial charge in [0.25, 0.3) is 11.8 Å². The number of imide groups is 1. The maximum atomic E-state index is 12.5. The van der Waals surface area contributed by atoms with Crippen molar-refractivity contribution in [1.82, 2.24) is 4.98 Å². The minimum atomic E-state index is -0.377. The van der Waals surface area contributed by atoms with Crippen LogP contribution in [0.25, 0.3) is 10.9 Å². The number of benzene rings is 2. The van der Waals surface area contributed by atoms with E-state index in [-0.39, 0.29) is 17.4 Å². The molecule has 0 saturated heterocycles. The van der Waals surface area contributed by atoms with Crippen LogP contribution in [0.4, 0.5) is 5.69 Å². The van der Waals surface area contributed by atoms with E-state index in [0.29, 0.717) is 22.3 Å². The topological polar surface area (TPSA) is 70.2 Å². The van der Waals surface area contributed by atoms with Crippen molar-refractivity contribution in [2.24, 2.45) is 0 Å². The van der Waals surface area contributed by atoms with Gasteiger partial charge in [0, 0.05) is 11.5 Å². The molecular weight excluding hydrogens is 280 g/mol. The molecule has 5 heteroatoms. The lowest BCUT2D eigenvalue weighted by atomic mass is 10.1. The van der Waals surface area contributed by atoms with E-state index in [4.69, 9.17) is 0 Å². The molecule has 22 heavy (non-hydrogen) atoms. The monoisotopic (exact) mass is 290 g/mol. The summed E-state index contributed by atoms with van der Waals surface area (Å²) in [7, 11) is 0. The average molecular weight is 290 g/mol. The number of nitrogens with zero attached hydrogens (tertiary/aromatic N) is 1. The molecule has 1 aliphatic rings. The summed E-state index contributed by atoms with van der Waals surface area (Å²) in [4.78, 5) is 40.5. The number of aromatic nitrogens is 1. The normalized spacial score (nSPS) is 13.7. The van der Waals surface area contributed by atoms with E-state index in [9.17, 15) is 14.4 Å². The molecular formula is C17H10N2O3. The summed E-state index contributed by atoms with van der Waals surface area (Å²) in [5.41, 5.74) is 1.34. The van der Waals surface area contributed by atoms with Crippen molar-refractivity contribution >= 4 is 28.4 Å². The maximum Gasteiger partial charge on any atom is 0.266 e. The third-order valence-corrected chi connectivity index (χ3v) is 3.77. The highest BCUT2D eigenvalue weighted by atomic mass is 16.2. The number of anilines is 1. The number of para-hydroxylation sites is 1. The van der Waals surface area contributed by atoms with Gasteiger partial charge >= 0.3 is 0 Å². The Bertz CT molecular complexity index is 969. The van der Waals surface area contributed by atoms with Gasteiger partial charge in [-0.05, 0) is 24.3 Å². The first-order valence-electron chi connectivity index (χ1n) is 6.77. The molecule has 106 valence electrons. The number of carbonyl (C=O) groups excluding carboxylic acids is 2. The summed E-state index contributed by atoms with van der Waals surface area (Å²) in [6.07, 6.45) is 0. The number of H-pyrrole nitrogens is 1. The predicted octanol–water partition coefficient (Wildman–Crippen LogP) is 2.33. The molecule has 0 radical (unpaired) electrons. The Kier molecular flexibility index (Phi) is 2.50. The first-order valence-corrected chi connectivity index (χ1v) is 6.77. The van der Waals surface area contributed by atoms with Crippen LogP contribution in [0.1, 0.15) is 20.7 Å². The number of carbonyl (C=O) groups is 2. The van der Waals surface area contributed by atoms with Crippen molar-refractivity contribution in [2.45, 2.75) is 0 Å². The Morgan fingerprint density at radius 1 is 0.727 bits per heavy atom. The number of rotatable bonds is 1. The molecule has 4 rings (SSSR count). The summed E-state index contributed by atoms with van der Waals surface area (Å²) >= 11 is 0. The Labute approximate surface area is 124 Å². The van der Waals surface area contributed by atoms with Crippen LogP contribution < -0.4 is 10.5 Å². The Morgan fingerprint density at radius 2 is 1.41 bits per heavy atom. The molecule has 2 aromatic carbocycles.